The summed E-state index contributed by atoms with van der Waals surface area (Å²) in [5.41, 5.74) is 5.64. The van der Waals surface area contributed by atoms with Crippen molar-refractivity contribution >= 4 is 38.6 Å². The number of nitrogens with one attached hydrogen (secondary N) is 1. The SMILES string of the molecule is Cc1cc(/C=C(/C#N)c2nc3ccc(F)cc3[nH]2)c(C)n1-c1cccc(Br)c1. The summed E-state index contributed by atoms with van der Waals surface area (Å²) in [6, 6.07) is 16.6. The Bertz CT molecular complexity index is 1270. The van der Waals surface area contributed by atoms with E-state index in [-0.39, 0.29) is 5.82 Å². The van der Waals surface area contributed by atoms with E-state index in [1.807, 2.05) is 50.3 Å². The fourth-order valence-electron chi connectivity index (χ4n) is 3.36. The van der Waals surface area contributed by atoms with Gasteiger partial charge in [0.05, 0.1) is 16.6 Å². The minimum Gasteiger partial charge on any atom is -0.337 e. The molecule has 0 fully saturated rings. The van der Waals surface area contributed by atoms with Crippen molar-refractivity contribution in [3.05, 3.63) is 81.6 Å². The molecule has 0 aliphatic heterocycles. The molecule has 0 atom stereocenters. The summed E-state index contributed by atoms with van der Waals surface area (Å²) >= 11 is 3.51. The maximum absolute atomic E-state index is 13.4. The molecule has 0 aliphatic rings. The van der Waals surface area contributed by atoms with Crippen molar-refractivity contribution in [3.63, 3.8) is 0 Å². The fourth-order valence-corrected chi connectivity index (χ4v) is 3.75. The van der Waals surface area contributed by atoms with Gasteiger partial charge in [0.1, 0.15) is 17.7 Å². The molecule has 0 saturated heterocycles. The first kappa shape index (κ1) is 18.2. The van der Waals surface area contributed by atoms with E-state index in [2.05, 4.69) is 36.5 Å². The minimum absolute atomic E-state index is 0.345. The number of aryl methyl sites for hydroxylation is 1. The van der Waals surface area contributed by atoms with E-state index in [1.54, 1.807) is 6.07 Å². The Hall–Kier alpha value is -3.17. The number of rotatable bonds is 3. The Morgan fingerprint density at radius 2 is 2.04 bits per heavy atom. The van der Waals surface area contributed by atoms with Gasteiger partial charge in [0.25, 0.3) is 0 Å². The van der Waals surface area contributed by atoms with Crippen LogP contribution in [0.1, 0.15) is 22.8 Å². The molecule has 1 N–H and O–H groups in total. The molecule has 0 saturated carbocycles. The van der Waals surface area contributed by atoms with Crippen LogP contribution in [0.2, 0.25) is 0 Å². The number of hydrogen-bond acceptors (Lipinski definition) is 2. The van der Waals surface area contributed by atoms with Crippen LogP contribution in [0.5, 0.6) is 0 Å². The number of nitriles is 1. The Labute approximate surface area is 170 Å². The number of hydrogen-bond donors (Lipinski definition) is 1. The quantitative estimate of drug-likeness (QED) is 0.405. The number of aromatic nitrogens is 3. The van der Waals surface area contributed by atoms with Crippen LogP contribution in [-0.2, 0) is 0 Å². The zero-order valence-electron chi connectivity index (χ0n) is 15.3. The van der Waals surface area contributed by atoms with E-state index in [0.29, 0.717) is 22.4 Å². The van der Waals surface area contributed by atoms with Crippen molar-refractivity contribution in [2.24, 2.45) is 0 Å². The largest absolute Gasteiger partial charge is 0.337 e. The molecule has 0 unspecified atom stereocenters. The second kappa shape index (κ2) is 7.10. The zero-order chi connectivity index (χ0) is 19.8. The Morgan fingerprint density at radius 1 is 1.21 bits per heavy atom. The Morgan fingerprint density at radius 3 is 2.79 bits per heavy atom. The predicted molar refractivity (Wildman–Crippen MR) is 112 cm³/mol. The van der Waals surface area contributed by atoms with Crippen molar-refractivity contribution in [3.8, 4) is 11.8 Å². The fraction of sp³-hybridized carbons (Fsp3) is 0.0909. The van der Waals surface area contributed by atoms with Gasteiger partial charge in [-0.1, -0.05) is 22.0 Å². The highest BCUT2D eigenvalue weighted by molar-refractivity contribution is 9.10. The molecule has 0 amide bonds. The maximum atomic E-state index is 13.4. The van der Waals surface area contributed by atoms with Crippen LogP contribution in [0.15, 0.2) is 53.0 Å². The summed E-state index contributed by atoms with van der Waals surface area (Å²) in [7, 11) is 0. The molecule has 2 aromatic heterocycles. The van der Waals surface area contributed by atoms with Crippen LogP contribution < -0.4 is 0 Å². The third-order valence-electron chi connectivity index (χ3n) is 4.66. The van der Waals surface area contributed by atoms with Gasteiger partial charge < -0.3 is 9.55 Å². The van der Waals surface area contributed by atoms with Gasteiger partial charge in [-0.25, -0.2) is 9.37 Å². The number of nitrogens with zero attached hydrogens (tertiary/aromatic N) is 3. The van der Waals surface area contributed by atoms with Crippen LogP contribution >= 0.6 is 15.9 Å². The van der Waals surface area contributed by atoms with E-state index in [4.69, 9.17) is 0 Å². The van der Waals surface area contributed by atoms with Gasteiger partial charge in [-0.3, -0.25) is 0 Å². The molecule has 0 aliphatic carbocycles. The van der Waals surface area contributed by atoms with Gasteiger partial charge in [0.15, 0.2) is 0 Å². The molecule has 4 rings (SSSR count). The summed E-state index contributed by atoms with van der Waals surface area (Å²) < 4.78 is 16.6. The molecule has 2 aromatic carbocycles. The molecular formula is C22H16BrFN4. The van der Waals surface area contributed by atoms with E-state index in [1.165, 1.54) is 12.1 Å². The summed E-state index contributed by atoms with van der Waals surface area (Å²) in [4.78, 5) is 7.46. The van der Waals surface area contributed by atoms with Gasteiger partial charge in [-0.05, 0) is 68.0 Å². The third-order valence-corrected chi connectivity index (χ3v) is 5.15. The molecule has 28 heavy (non-hydrogen) atoms. The molecule has 0 bridgehead atoms. The van der Waals surface area contributed by atoms with Crippen molar-refractivity contribution < 1.29 is 4.39 Å². The number of aromatic amines is 1. The van der Waals surface area contributed by atoms with Gasteiger partial charge in [0, 0.05) is 21.5 Å². The second-order valence-corrected chi connectivity index (χ2v) is 7.47. The number of fused-ring (bicyclic) bond motifs is 1. The number of allylic oxidation sites excluding steroid dienone is 1. The lowest BCUT2D eigenvalue weighted by Gasteiger charge is -2.10. The van der Waals surface area contributed by atoms with Crippen LogP contribution in [0.3, 0.4) is 0 Å². The Balaban J connectivity index is 1.80. The lowest BCUT2D eigenvalue weighted by atomic mass is 10.1. The summed E-state index contributed by atoms with van der Waals surface area (Å²) in [5.74, 6) is 0.0816. The van der Waals surface area contributed by atoms with Crippen LogP contribution in [-0.4, -0.2) is 14.5 Å². The highest BCUT2D eigenvalue weighted by atomic mass is 79.9. The summed E-state index contributed by atoms with van der Waals surface area (Å²) in [6.45, 7) is 4.05. The first-order chi connectivity index (χ1) is 13.5. The van der Waals surface area contributed by atoms with E-state index < -0.39 is 0 Å². The minimum atomic E-state index is -0.345. The van der Waals surface area contributed by atoms with Crippen molar-refractivity contribution in [1.29, 1.82) is 5.26 Å². The Kier molecular flexibility index (Phi) is 4.62. The third kappa shape index (κ3) is 3.25. The monoisotopic (exact) mass is 434 g/mol. The van der Waals surface area contributed by atoms with Crippen molar-refractivity contribution in [1.82, 2.24) is 14.5 Å². The molecule has 2 heterocycles. The standard InChI is InChI=1S/C22H16BrFN4/c1-13-8-15(14(2)28(13)19-5-3-4-17(23)10-19)9-16(12-25)22-26-20-7-6-18(24)11-21(20)27-22/h3-11H,1-2H3,(H,26,27)/b16-9-. The smallest absolute Gasteiger partial charge is 0.149 e. The topological polar surface area (TPSA) is 57.4 Å². The lowest BCUT2D eigenvalue weighted by Crippen LogP contribution is -1.98. The first-order valence-corrected chi connectivity index (χ1v) is 9.48. The number of halogens is 2. The predicted octanol–water partition coefficient (Wildman–Crippen LogP) is 5.94. The molecule has 6 heteroatoms. The van der Waals surface area contributed by atoms with E-state index >= 15 is 0 Å². The maximum Gasteiger partial charge on any atom is 0.149 e. The number of H-pyrrole nitrogens is 1. The zero-order valence-corrected chi connectivity index (χ0v) is 16.9. The molecule has 138 valence electrons. The van der Waals surface area contributed by atoms with Crippen LogP contribution in [0.25, 0.3) is 28.4 Å². The number of imidazole rings is 1. The lowest BCUT2D eigenvalue weighted by molar-refractivity contribution is 0.629. The average molecular weight is 435 g/mol. The molecular weight excluding hydrogens is 419 g/mol. The van der Waals surface area contributed by atoms with Crippen LogP contribution in [0, 0.1) is 31.0 Å². The molecule has 4 nitrogen and oxygen atoms in total. The molecule has 0 spiro atoms. The molecule has 4 aromatic rings. The van der Waals surface area contributed by atoms with Crippen LogP contribution in [0.4, 0.5) is 4.39 Å². The van der Waals surface area contributed by atoms with Crippen molar-refractivity contribution in [2.75, 3.05) is 0 Å². The second-order valence-electron chi connectivity index (χ2n) is 6.56. The normalized spacial score (nSPS) is 11.8. The van der Waals surface area contributed by atoms with Gasteiger partial charge in [-0.15, -0.1) is 0 Å². The number of benzene rings is 2. The first-order valence-electron chi connectivity index (χ1n) is 8.68. The van der Waals surface area contributed by atoms with E-state index in [0.717, 1.165) is 27.1 Å². The summed E-state index contributed by atoms with van der Waals surface area (Å²) in [6.07, 6.45) is 1.81. The van der Waals surface area contributed by atoms with Gasteiger partial charge in [0.2, 0.25) is 0 Å². The summed E-state index contributed by atoms with van der Waals surface area (Å²) in [5, 5.41) is 9.68. The molecule has 0 radical (unpaired) electrons. The van der Waals surface area contributed by atoms with Crippen molar-refractivity contribution in [2.45, 2.75) is 13.8 Å². The average Bonchev–Trinajstić information content (AvgIpc) is 3.19. The van der Waals surface area contributed by atoms with Gasteiger partial charge >= 0.3 is 0 Å². The van der Waals surface area contributed by atoms with E-state index in [9.17, 15) is 9.65 Å². The van der Waals surface area contributed by atoms with Gasteiger partial charge in [-0.2, -0.15) is 5.26 Å². The highest BCUT2D eigenvalue weighted by Gasteiger charge is 2.13. The highest BCUT2D eigenvalue weighted by Crippen LogP contribution is 2.26.